The van der Waals surface area contributed by atoms with E-state index in [1.807, 2.05) is 0 Å². The molecule has 0 aliphatic rings. The molecule has 0 bridgehead atoms. The number of hydrogen-bond acceptors (Lipinski definition) is 7. The normalized spacial score (nSPS) is 11.1. The van der Waals surface area contributed by atoms with E-state index in [2.05, 4.69) is 5.32 Å². The van der Waals surface area contributed by atoms with Crippen LogP contribution in [-0.2, 0) is 9.84 Å². The highest BCUT2D eigenvalue weighted by atomic mass is 32.2. The van der Waals surface area contributed by atoms with E-state index in [-0.39, 0.29) is 12.2 Å². The Bertz CT molecular complexity index is 604. The Labute approximate surface area is 108 Å². The van der Waals surface area contributed by atoms with Gasteiger partial charge in [-0.05, 0) is 6.92 Å². The van der Waals surface area contributed by atoms with Gasteiger partial charge in [0, 0.05) is 24.9 Å². The molecule has 19 heavy (non-hydrogen) atoms. The summed E-state index contributed by atoms with van der Waals surface area (Å²) in [6, 6.07) is 1.61. The van der Waals surface area contributed by atoms with Crippen LogP contribution in [0.1, 0.15) is 6.92 Å². The summed E-state index contributed by atoms with van der Waals surface area (Å²) >= 11 is 0. The number of nitro groups is 2. The van der Waals surface area contributed by atoms with E-state index in [9.17, 15) is 28.6 Å². The minimum Gasteiger partial charge on any atom is -0.374 e. The molecule has 0 fully saturated rings. The molecular formula is C9H11N3O6S. The van der Waals surface area contributed by atoms with Crippen molar-refractivity contribution in [3.8, 4) is 0 Å². The van der Waals surface area contributed by atoms with Crippen LogP contribution in [0.2, 0.25) is 0 Å². The lowest BCUT2D eigenvalue weighted by Gasteiger charge is -2.07. The van der Waals surface area contributed by atoms with Crippen molar-refractivity contribution >= 4 is 26.9 Å². The molecule has 0 spiro atoms. The SMILES string of the molecule is CCNc1c([N+](=O)[O-])cc(S(C)(=O)=O)cc1[N+](=O)[O-]. The third-order valence-corrected chi connectivity index (χ3v) is 3.34. The maximum absolute atomic E-state index is 11.4. The molecule has 10 heteroatoms. The van der Waals surface area contributed by atoms with Gasteiger partial charge in [0.2, 0.25) is 0 Å². The standard InChI is InChI=1S/C9H11N3O6S/c1-3-10-9-7(11(13)14)4-6(19(2,17)18)5-8(9)12(15)16/h4-5,10H,3H2,1-2H3. The molecule has 0 amide bonds. The average molecular weight is 289 g/mol. The van der Waals surface area contributed by atoms with Crippen LogP contribution in [0.4, 0.5) is 17.1 Å². The summed E-state index contributed by atoms with van der Waals surface area (Å²) in [7, 11) is -3.78. The molecular weight excluding hydrogens is 278 g/mol. The third kappa shape index (κ3) is 3.16. The van der Waals surface area contributed by atoms with Crippen LogP contribution in [0.15, 0.2) is 17.0 Å². The second-order valence-electron chi connectivity index (χ2n) is 3.65. The van der Waals surface area contributed by atoms with Gasteiger partial charge in [-0.25, -0.2) is 8.42 Å². The van der Waals surface area contributed by atoms with E-state index in [0.29, 0.717) is 0 Å². The van der Waals surface area contributed by atoms with Crippen LogP contribution in [0.25, 0.3) is 0 Å². The van der Waals surface area contributed by atoms with Crippen LogP contribution in [0.5, 0.6) is 0 Å². The summed E-state index contributed by atoms with van der Waals surface area (Å²) < 4.78 is 22.8. The first-order chi connectivity index (χ1) is 8.68. The number of rotatable bonds is 5. The van der Waals surface area contributed by atoms with E-state index in [0.717, 1.165) is 18.4 Å². The topological polar surface area (TPSA) is 132 Å². The number of hydrogen-bond donors (Lipinski definition) is 1. The van der Waals surface area contributed by atoms with Gasteiger partial charge in [-0.3, -0.25) is 20.2 Å². The molecule has 1 rings (SSSR count). The number of sulfone groups is 1. The van der Waals surface area contributed by atoms with Gasteiger partial charge in [0.25, 0.3) is 0 Å². The Morgan fingerprint density at radius 3 is 1.84 bits per heavy atom. The predicted molar refractivity (Wildman–Crippen MR) is 67.0 cm³/mol. The van der Waals surface area contributed by atoms with Gasteiger partial charge in [-0.15, -0.1) is 0 Å². The molecule has 0 atom stereocenters. The molecule has 0 saturated carbocycles. The van der Waals surface area contributed by atoms with Crippen molar-refractivity contribution in [2.45, 2.75) is 11.8 Å². The molecule has 0 unspecified atom stereocenters. The van der Waals surface area contributed by atoms with Crippen LogP contribution in [0, 0.1) is 20.2 Å². The monoisotopic (exact) mass is 289 g/mol. The maximum atomic E-state index is 11.4. The molecule has 0 aromatic heterocycles. The zero-order chi connectivity index (χ0) is 14.8. The molecule has 104 valence electrons. The second kappa shape index (κ2) is 5.18. The number of nitrogens with zero attached hydrogens (tertiary/aromatic N) is 2. The van der Waals surface area contributed by atoms with E-state index >= 15 is 0 Å². The molecule has 0 radical (unpaired) electrons. The highest BCUT2D eigenvalue weighted by molar-refractivity contribution is 7.90. The lowest BCUT2D eigenvalue weighted by Crippen LogP contribution is -2.07. The van der Waals surface area contributed by atoms with Gasteiger partial charge in [0.05, 0.1) is 14.7 Å². The van der Waals surface area contributed by atoms with E-state index in [4.69, 9.17) is 0 Å². The molecule has 1 aromatic rings. The number of nitro benzene ring substituents is 2. The molecule has 0 heterocycles. The lowest BCUT2D eigenvalue weighted by molar-refractivity contribution is -0.392. The summed E-state index contributed by atoms with van der Waals surface area (Å²) in [5.41, 5.74) is -1.59. The zero-order valence-electron chi connectivity index (χ0n) is 10.1. The van der Waals surface area contributed by atoms with Gasteiger partial charge in [-0.2, -0.15) is 0 Å². The summed E-state index contributed by atoms with van der Waals surface area (Å²) in [5, 5.41) is 24.3. The molecule has 0 aliphatic heterocycles. The Balaban J connectivity index is 3.72. The van der Waals surface area contributed by atoms with Crippen molar-refractivity contribution in [2.24, 2.45) is 0 Å². The summed E-state index contributed by atoms with van der Waals surface area (Å²) in [6.45, 7) is 1.83. The fraction of sp³-hybridized carbons (Fsp3) is 0.333. The van der Waals surface area contributed by atoms with Crippen molar-refractivity contribution in [1.82, 2.24) is 0 Å². The number of benzene rings is 1. The van der Waals surface area contributed by atoms with Crippen LogP contribution in [-0.4, -0.2) is 31.1 Å². The first-order valence-corrected chi connectivity index (χ1v) is 6.98. The molecule has 0 saturated heterocycles. The number of anilines is 1. The Hall–Kier alpha value is -2.23. The smallest absolute Gasteiger partial charge is 0.300 e. The average Bonchev–Trinajstić information content (AvgIpc) is 2.27. The molecule has 9 nitrogen and oxygen atoms in total. The highest BCUT2D eigenvalue weighted by Gasteiger charge is 2.28. The van der Waals surface area contributed by atoms with E-state index in [1.54, 1.807) is 6.92 Å². The van der Waals surface area contributed by atoms with Gasteiger partial charge < -0.3 is 5.32 Å². The van der Waals surface area contributed by atoms with Crippen molar-refractivity contribution in [3.05, 3.63) is 32.4 Å². The van der Waals surface area contributed by atoms with Crippen molar-refractivity contribution in [3.63, 3.8) is 0 Å². The van der Waals surface area contributed by atoms with Crippen LogP contribution >= 0.6 is 0 Å². The van der Waals surface area contributed by atoms with E-state index < -0.39 is 36.0 Å². The Morgan fingerprint density at radius 1 is 1.16 bits per heavy atom. The quantitative estimate of drug-likeness (QED) is 0.638. The predicted octanol–water partition coefficient (Wildman–Crippen LogP) is 1.34. The van der Waals surface area contributed by atoms with Crippen molar-refractivity contribution < 1.29 is 18.3 Å². The molecule has 0 aliphatic carbocycles. The lowest BCUT2D eigenvalue weighted by atomic mass is 10.2. The zero-order valence-corrected chi connectivity index (χ0v) is 10.9. The summed E-state index contributed by atoms with van der Waals surface area (Å²) in [6.07, 6.45) is 0.822. The van der Waals surface area contributed by atoms with Gasteiger partial charge in [0.15, 0.2) is 15.5 Å². The fourth-order valence-corrected chi connectivity index (χ4v) is 2.10. The van der Waals surface area contributed by atoms with Crippen LogP contribution in [0.3, 0.4) is 0 Å². The number of nitrogens with one attached hydrogen (secondary N) is 1. The van der Waals surface area contributed by atoms with Gasteiger partial charge >= 0.3 is 11.4 Å². The maximum Gasteiger partial charge on any atom is 0.300 e. The minimum absolute atomic E-state index is 0.222. The van der Waals surface area contributed by atoms with Crippen LogP contribution < -0.4 is 5.32 Å². The Kier molecular flexibility index (Phi) is 4.04. The van der Waals surface area contributed by atoms with Crippen molar-refractivity contribution in [1.29, 1.82) is 0 Å². The van der Waals surface area contributed by atoms with Gasteiger partial charge in [-0.1, -0.05) is 0 Å². The third-order valence-electron chi connectivity index (χ3n) is 2.25. The molecule has 1 N–H and O–H groups in total. The summed E-state index contributed by atoms with van der Waals surface area (Å²) in [5.74, 6) is 0. The van der Waals surface area contributed by atoms with E-state index in [1.165, 1.54) is 0 Å². The minimum atomic E-state index is -3.78. The van der Waals surface area contributed by atoms with Gasteiger partial charge in [0.1, 0.15) is 0 Å². The summed E-state index contributed by atoms with van der Waals surface area (Å²) in [4.78, 5) is 19.6. The largest absolute Gasteiger partial charge is 0.374 e. The first kappa shape index (κ1) is 14.8. The second-order valence-corrected chi connectivity index (χ2v) is 5.67. The Morgan fingerprint density at radius 2 is 1.58 bits per heavy atom. The van der Waals surface area contributed by atoms with Crippen molar-refractivity contribution in [2.75, 3.05) is 18.1 Å². The molecule has 1 aromatic carbocycles. The first-order valence-electron chi connectivity index (χ1n) is 5.09. The fourth-order valence-electron chi connectivity index (χ4n) is 1.45. The highest BCUT2D eigenvalue weighted by Crippen LogP contribution is 2.36.